The summed E-state index contributed by atoms with van der Waals surface area (Å²) < 4.78 is 0. The first-order chi connectivity index (χ1) is 10.6. The lowest BCUT2D eigenvalue weighted by Gasteiger charge is -2.04. The fraction of sp³-hybridized carbons (Fsp3) is 0.125. The molecule has 0 spiro atoms. The van der Waals surface area contributed by atoms with E-state index in [1.165, 1.54) is 6.21 Å². The van der Waals surface area contributed by atoms with Gasteiger partial charge in [0.2, 0.25) is 0 Å². The molecule has 1 aromatic heterocycles. The van der Waals surface area contributed by atoms with Crippen molar-refractivity contribution in [3.63, 3.8) is 0 Å². The lowest BCUT2D eigenvalue weighted by molar-refractivity contribution is -0.120. The average molecular weight is 296 g/mol. The Hall–Kier alpha value is -3.02. The molecule has 2 amide bonds. The Morgan fingerprint density at radius 2 is 2.00 bits per heavy atom. The van der Waals surface area contributed by atoms with Crippen molar-refractivity contribution in [2.45, 2.75) is 6.92 Å². The minimum absolute atomic E-state index is 0.142. The van der Waals surface area contributed by atoms with Gasteiger partial charge in [-0.2, -0.15) is 5.10 Å². The molecule has 0 aliphatic carbocycles. The predicted molar refractivity (Wildman–Crippen MR) is 83.5 cm³/mol. The minimum Gasteiger partial charge on any atom is -0.343 e. The van der Waals surface area contributed by atoms with Crippen molar-refractivity contribution in [2.75, 3.05) is 6.54 Å². The van der Waals surface area contributed by atoms with Gasteiger partial charge in [-0.25, -0.2) is 5.43 Å². The van der Waals surface area contributed by atoms with Crippen LogP contribution < -0.4 is 10.7 Å². The Bertz CT molecular complexity index is 666. The van der Waals surface area contributed by atoms with Crippen LogP contribution in [-0.2, 0) is 4.79 Å². The molecule has 0 aliphatic heterocycles. The number of aromatic nitrogens is 1. The maximum absolute atomic E-state index is 11.8. The van der Waals surface area contributed by atoms with Crippen LogP contribution in [0, 0.1) is 6.92 Å². The number of rotatable bonds is 5. The van der Waals surface area contributed by atoms with Gasteiger partial charge in [0.05, 0.1) is 12.8 Å². The van der Waals surface area contributed by atoms with Crippen LogP contribution in [0.15, 0.2) is 53.9 Å². The highest BCUT2D eigenvalue weighted by atomic mass is 16.2. The highest BCUT2D eigenvalue weighted by Gasteiger charge is 2.06. The van der Waals surface area contributed by atoms with Crippen molar-refractivity contribution in [1.82, 2.24) is 15.7 Å². The van der Waals surface area contributed by atoms with Crippen LogP contribution in [0.1, 0.15) is 21.5 Å². The number of amides is 2. The summed E-state index contributed by atoms with van der Waals surface area (Å²) in [7, 11) is 0. The summed E-state index contributed by atoms with van der Waals surface area (Å²) in [4.78, 5) is 27.3. The number of nitrogens with zero attached hydrogens (tertiary/aromatic N) is 2. The number of nitrogens with one attached hydrogen (secondary N) is 2. The summed E-state index contributed by atoms with van der Waals surface area (Å²) in [5, 5.41) is 6.32. The maximum Gasteiger partial charge on any atom is 0.259 e. The Morgan fingerprint density at radius 3 is 2.68 bits per heavy atom. The molecule has 6 nitrogen and oxygen atoms in total. The summed E-state index contributed by atoms with van der Waals surface area (Å²) in [6, 6.07) is 10.7. The molecule has 2 aromatic rings. The van der Waals surface area contributed by atoms with Gasteiger partial charge in [0.25, 0.3) is 11.8 Å². The molecule has 0 aliphatic rings. The summed E-state index contributed by atoms with van der Waals surface area (Å²) in [6.45, 7) is 1.80. The molecule has 1 aromatic carbocycles. The SMILES string of the molecule is Cc1ccc(C(=O)NCC(=O)N/N=C/c2cccnc2)cc1. The molecule has 0 bridgehead atoms. The fourth-order valence-corrected chi connectivity index (χ4v) is 1.64. The monoisotopic (exact) mass is 296 g/mol. The van der Waals surface area contributed by atoms with E-state index >= 15 is 0 Å². The topological polar surface area (TPSA) is 83.5 Å². The highest BCUT2D eigenvalue weighted by molar-refractivity contribution is 5.96. The van der Waals surface area contributed by atoms with Crippen LogP contribution in [0.2, 0.25) is 0 Å². The number of hydrogen-bond acceptors (Lipinski definition) is 4. The van der Waals surface area contributed by atoms with E-state index in [2.05, 4.69) is 20.8 Å². The molecule has 6 heteroatoms. The van der Waals surface area contributed by atoms with E-state index < -0.39 is 5.91 Å². The predicted octanol–water partition coefficient (Wildman–Crippen LogP) is 1.27. The molecule has 0 saturated carbocycles. The molecule has 2 rings (SSSR count). The fourth-order valence-electron chi connectivity index (χ4n) is 1.64. The van der Waals surface area contributed by atoms with Crippen LogP contribution in [0.4, 0.5) is 0 Å². The highest BCUT2D eigenvalue weighted by Crippen LogP contribution is 2.02. The number of aryl methyl sites for hydroxylation is 1. The Kier molecular flexibility index (Phi) is 5.37. The number of carbonyl (C=O) groups is 2. The van der Waals surface area contributed by atoms with E-state index in [4.69, 9.17) is 0 Å². The Balaban J connectivity index is 1.77. The number of carbonyl (C=O) groups excluding carboxylic acids is 2. The third kappa shape index (κ3) is 4.82. The molecule has 0 fully saturated rings. The number of hydrogen-bond donors (Lipinski definition) is 2. The van der Waals surface area contributed by atoms with Crippen molar-refractivity contribution in [1.29, 1.82) is 0 Å². The zero-order chi connectivity index (χ0) is 15.8. The molecule has 1 heterocycles. The maximum atomic E-state index is 11.8. The van der Waals surface area contributed by atoms with Crippen molar-refractivity contribution in [2.24, 2.45) is 5.10 Å². The molecule has 2 N–H and O–H groups in total. The van der Waals surface area contributed by atoms with E-state index in [0.29, 0.717) is 5.56 Å². The first-order valence-electron chi connectivity index (χ1n) is 6.72. The van der Waals surface area contributed by atoms with Gasteiger partial charge in [0, 0.05) is 23.5 Å². The zero-order valence-corrected chi connectivity index (χ0v) is 12.1. The molecular formula is C16H16N4O2. The van der Waals surface area contributed by atoms with Crippen LogP contribution in [-0.4, -0.2) is 29.6 Å². The van der Waals surface area contributed by atoms with Gasteiger partial charge in [-0.05, 0) is 25.1 Å². The summed E-state index contributed by atoms with van der Waals surface area (Å²) in [5.74, 6) is -0.702. The Labute approximate surface area is 128 Å². The van der Waals surface area contributed by atoms with Crippen molar-refractivity contribution in [3.05, 3.63) is 65.5 Å². The third-order valence-corrected chi connectivity index (χ3v) is 2.81. The number of benzene rings is 1. The van der Waals surface area contributed by atoms with Crippen molar-refractivity contribution in [3.8, 4) is 0 Å². The van der Waals surface area contributed by atoms with E-state index in [0.717, 1.165) is 11.1 Å². The average Bonchev–Trinajstić information content (AvgIpc) is 2.54. The van der Waals surface area contributed by atoms with E-state index in [1.807, 2.05) is 25.1 Å². The summed E-state index contributed by atoms with van der Waals surface area (Å²) in [6.07, 6.45) is 4.75. The lowest BCUT2D eigenvalue weighted by Crippen LogP contribution is -2.34. The van der Waals surface area contributed by atoms with Gasteiger partial charge in [-0.1, -0.05) is 23.8 Å². The minimum atomic E-state index is -0.402. The van der Waals surface area contributed by atoms with E-state index in [-0.39, 0.29) is 12.5 Å². The third-order valence-electron chi connectivity index (χ3n) is 2.81. The van der Waals surface area contributed by atoms with E-state index in [1.54, 1.807) is 30.6 Å². The molecule has 22 heavy (non-hydrogen) atoms. The quantitative estimate of drug-likeness (QED) is 0.644. The Morgan fingerprint density at radius 1 is 1.23 bits per heavy atom. The molecule has 0 atom stereocenters. The second kappa shape index (κ2) is 7.68. The number of pyridine rings is 1. The molecule has 0 radical (unpaired) electrons. The molecule has 0 saturated heterocycles. The van der Waals surface area contributed by atoms with Crippen molar-refractivity contribution < 1.29 is 9.59 Å². The first kappa shape index (κ1) is 15.4. The van der Waals surface area contributed by atoms with Gasteiger partial charge < -0.3 is 5.32 Å². The van der Waals surface area contributed by atoms with Crippen LogP contribution in [0.25, 0.3) is 0 Å². The second-order valence-electron chi connectivity index (χ2n) is 4.63. The van der Waals surface area contributed by atoms with Crippen LogP contribution in [0.3, 0.4) is 0 Å². The van der Waals surface area contributed by atoms with Crippen LogP contribution in [0.5, 0.6) is 0 Å². The number of hydrazone groups is 1. The van der Waals surface area contributed by atoms with Gasteiger partial charge in [0.1, 0.15) is 0 Å². The van der Waals surface area contributed by atoms with Crippen molar-refractivity contribution >= 4 is 18.0 Å². The van der Waals surface area contributed by atoms with Gasteiger partial charge in [-0.3, -0.25) is 14.6 Å². The standard InChI is InChI=1S/C16H16N4O2/c1-12-4-6-14(7-5-12)16(22)18-11-15(21)20-19-10-13-3-2-8-17-9-13/h2-10H,11H2,1H3,(H,18,22)(H,20,21)/b19-10+. The van der Waals surface area contributed by atoms with Gasteiger partial charge in [-0.15, -0.1) is 0 Å². The molecular weight excluding hydrogens is 280 g/mol. The van der Waals surface area contributed by atoms with Gasteiger partial charge >= 0.3 is 0 Å². The lowest BCUT2D eigenvalue weighted by atomic mass is 10.1. The van der Waals surface area contributed by atoms with Gasteiger partial charge in [0.15, 0.2) is 0 Å². The van der Waals surface area contributed by atoms with Crippen LogP contribution >= 0.6 is 0 Å². The largest absolute Gasteiger partial charge is 0.343 e. The summed E-state index contributed by atoms with van der Waals surface area (Å²) in [5.41, 5.74) is 4.68. The molecule has 112 valence electrons. The molecule has 0 unspecified atom stereocenters. The first-order valence-corrected chi connectivity index (χ1v) is 6.72. The van der Waals surface area contributed by atoms with E-state index in [9.17, 15) is 9.59 Å². The second-order valence-corrected chi connectivity index (χ2v) is 4.63. The smallest absolute Gasteiger partial charge is 0.259 e. The summed E-state index contributed by atoms with van der Waals surface area (Å²) >= 11 is 0. The zero-order valence-electron chi connectivity index (χ0n) is 12.1. The normalized spacial score (nSPS) is 10.4.